The molecule has 25 heavy (non-hydrogen) atoms. The first kappa shape index (κ1) is 16.8. The Morgan fingerprint density at radius 2 is 2.16 bits per heavy atom. The summed E-state index contributed by atoms with van der Waals surface area (Å²) in [4.78, 5) is 0. The van der Waals surface area contributed by atoms with Crippen LogP contribution in [0.3, 0.4) is 0 Å². The SMILES string of the molecule is CC12CCC3c4ccc(O)cc4CCC3C1CC/C2=N\NC(=S)NN. The molecule has 0 spiro atoms. The molecule has 5 nitrogen and oxygen atoms in total. The van der Waals surface area contributed by atoms with Crippen LogP contribution in [-0.2, 0) is 6.42 Å². The third-order valence-electron chi connectivity index (χ3n) is 6.87. The van der Waals surface area contributed by atoms with E-state index in [9.17, 15) is 5.11 Å². The number of aryl methyl sites for hydroxylation is 1. The number of aromatic hydroxyl groups is 1. The average Bonchev–Trinajstić information content (AvgIpc) is 2.95. The van der Waals surface area contributed by atoms with E-state index in [1.807, 2.05) is 12.1 Å². The molecule has 1 aromatic rings. The van der Waals surface area contributed by atoms with Gasteiger partial charge >= 0.3 is 0 Å². The minimum absolute atomic E-state index is 0.160. The summed E-state index contributed by atoms with van der Waals surface area (Å²) < 4.78 is 0. The molecule has 0 heterocycles. The minimum Gasteiger partial charge on any atom is -0.508 e. The molecule has 3 aliphatic rings. The third-order valence-corrected chi connectivity index (χ3v) is 7.08. The number of thiocarbonyl (C=S) groups is 1. The molecule has 0 radical (unpaired) electrons. The highest BCUT2D eigenvalue weighted by atomic mass is 32.1. The van der Waals surface area contributed by atoms with Crippen LogP contribution in [0.2, 0.25) is 0 Å². The molecule has 0 saturated heterocycles. The third kappa shape index (κ3) is 2.72. The summed E-state index contributed by atoms with van der Waals surface area (Å²) in [5, 5.41) is 14.7. The lowest BCUT2D eigenvalue weighted by molar-refractivity contribution is 0.0954. The number of benzene rings is 1. The van der Waals surface area contributed by atoms with Gasteiger partial charge < -0.3 is 5.11 Å². The molecule has 0 bridgehead atoms. The number of phenolic OH excluding ortho intramolecular Hbond substituents is 1. The van der Waals surface area contributed by atoms with E-state index in [0.717, 1.165) is 19.3 Å². The van der Waals surface area contributed by atoms with Crippen LogP contribution in [-0.4, -0.2) is 15.9 Å². The van der Waals surface area contributed by atoms with Gasteiger partial charge in [0.25, 0.3) is 0 Å². The van der Waals surface area contributed by atoms with E-state index in [4.69, 9.17) is 18.1 Å². The largest absolute Gasteiger partial charge is 0.508 e. The van der Waals surface area contributed by atoms with Crippen molar-refractivity contribution in [2.75, 3.05) is 0 Å². The second kappa shape index (κ2) is 6.25. The fourth-order valence-corrected chi connectivity index (χ4v) is 5.74. The quantitative estimate of drug-likeness (QED) is 0.352. The predicted molar refractivity (Wildman–Crippen MR) is 103 cm³/mol. The fraction of sp³-hybridized carbons (Fsp3) is 0.579. The van der Waals surface area contributed by atoms with Gasteiger partial charge in [-0.1, -0.05) is 13.0 Å². The molecule has 3 aliphatic carbocycles. The summed E-state index contributed by atoms with van der Waals surface area (Å²) >= 11 is 5.05. The molecule has 2 saturated carbocycles. The van der Waals surface area contributed by atoms with Crippen LogP contribution in [0.5, 0.6) is 5.75 Å². The molecule has 134 valence electrons. The number of nitrogens with zero attached hydrogens (tertiary/aromatic N) is 1. The standard InChI is InChI=1S/C19H26N4OS/c1-19-9-8-14-13-5-3-12(24)10-11(13)2-4-15(14)16(19)6-7-17(19)22-23-18(25)21-20/h3,5,10,14-16,24H,2,4,6-9,20H2,1H3,(H2,21,23,25)/b22-17+. The van der Waals surface area contributed by atoms with Crippen LogP contribution < -0.4 is 16.7 Å². The number of hydrazine groups is 1. The molecule has 0 aliphatic heterocycles. The number of hydrogen-bond donors (Lipinski definition) is 4. The molecule has 0 aromatic heterocycles. The maximum absolute atomic E-state index is 9.79. The van der Waals surface area contributed by atoms with E-state index in [1.54, 1.807) is 0 Å². The van der Waals surface area contributed by atoms with Gasteiger partial charge in [-0.05, 0) is 91.8 Å². The monoisotopic (exact) mass is 358 g/mol. The van der Waals surface area contributed by atoms with Gasteiger partial charge in [0.1, 0.15) is 5.75 Å². The number of rotatable bonds is 1. The molecule has 0 amide bonds. The zero-order valence-electron chi connectivity index (χ0n) is 14.6. The minimum atomic E-state index is 0.160. The summed E-state index contributed by atoms with van der Waals surface area (Å²) in [7, 11) is 0. The molecule has 4 rings (SSSR count). The van der Waals surface area contributed by atoms with Crippen molar-refractivity contribution in [3.8, 4) is 5.75 Å². The molecule has 1 aromatic carbocycles. The number of hydrogen-bond acceptors (Lipinski definition) is 4. The maximum Gasteiger partial charge on any atom is 0.201 e. The van der Waals surface area contributed by atoms with Gasteiger partial charge in [-0.25, -0.2) is 5.84 Å². The summed E-state index contributed by atoms with van der Waals surface area (Å²) in [5.41, 5.74) is 9.52. The molecular weight excluding hydrogens is 332 g/mol. The normalized spacial score (nSPS) is 34.8. The smallest absolute Gasteiger partial charge is 0.201 e. The molecule has 6 heteroatoms. The van der Waals surface area contributed by atoms with Gasteiger partial charge in [-0.2, -0.15) is 5.10 Å². The Morgan fingerprint density at radius 1 is 1.32 bits per heavy atom. The lowest BCUT2D eigenvalue weighted by Gasteiger charge is -2.49. The van der Waals surface area contributed by atoms with Crippen molar-refractivity contribution in [1.82, 2.24) is 10.9 Å². The van der Waals surface area contributed by atoms with E-state index >= 15 is 0 Å². The number of nitrogens with two attached hydrogens (primary N) is 1. The van der Waals surface area contributed by atoms with Gasteiger partial charge in [0, 0.05) is 11.1 Å². The Morgan fingerprint density at radius 3 is 2.96 bits per heavy atom. The molecule has 2 fully saturated rings. The van der Waals surface area contributed by atoms with E-state index in [0.29, 0.717) is 28.6 Å². The highest BCUT2D eigenvalue weighted by Gasteiger charge is 2.53. The maximum atomic E-state index is 9.79. The van der Waals surface area contributed by atoms with Crippen molar-refractivity contribution in [3.05, 3.63) is 29.3 Å². The summed E-state index contributed by atoms with van der Waals surface area (Å²) in [6.45, 7) is 2.38. The zero-order valence-corrected chi connectivity index (χ0v) is 15.4. The van der Waals surface area contributed by atoms with E-state index in [1.165, 1.54) is 36.1 Å². The first-order valence-corrected chi connectivity index (χ1v) is 9.59. The zero-order chi connectivity index (χ0) is 17.6. The number of fused-ring (bicyclic) bond motifs is 5. The summed E-state index contributed by atoms with van der Waals surface area (Å²) in [6.07, 6.45) is 6.87. The Hall–Kier alpha value is -1.66. The van der Waals surface area contributed by atoms with Gasteiger partial charge in [0.05, 0.1) is 0 Å². The predicted octanol–water partition coefficient (Wildman–Crippen LogP) is 2.94. The molecule has 4 unspecified atom stereocenters. The summed E-state index contributed by atoms with van der Waals surface area (Å²) in [6, 6.07) is 5.97. The highest BCUT2D eigenvalue weighted by molar-refractivity contribution is 7.80. The Labute approximate surface area is 154 Å². The molecule has 4 atom stereocenters. The first-order chi connectivity index (χ1) is 12.0. The van der Waals surface area contributed by atoms with Crippen molar-refractivity contribution >= 4 is 23.0 Å². The van der Waals surface area contributed by atoms with E-state index < -0.39 is 0 Å². The van der Waals surface area contributed by atoms with E-state index in [-0.39, 0.29) is 5.41 Å². The average molecular weight is 359 g/mol. The van der Waals surface area contributed by atoms with Crippen LogP contribution >= 0.6 is 12.2 Å². The number of nitrogens with one attached hydrogen (secondary N) is 2. The lowest BCUT2D eigenvalue weighted by atomic mass is 9.55. The van der Waals surface area contributed by atoms with Crippen LogP contribution in [0.1, 0.15) is 56.1 Å². The first-order valence-electron chi connectivity index (χ1n) is 9.18. The van der Waals surface area contributed by atoms with Crippen LogP contribution in [0.15, 0.2) is 23.3 Å². The fourth-order valence-electron chi connectivity index (χ4n) is 5.69. The number of phenols is 1. The van der Waals surface area contributed by atoms with Crippen LogP contribution in [0, 0.1) is 17.3 Å². The second-order valence-electron chi connectivity index (χ2n) is 7.94. The van der Waals surface area contributed by atoms with Crippen molar-refractivity contribution in [2.45, 2.75) is 51.4 Å². The Bertz CT molecular complexity index is 734. The van der Waals surface area contributed by atoms with Crippen LogP contribution in [0.25, 0.3) is 0 Å². The lowest BCUT2D eigenvalue weighted by Crippen LogP contribution is -2.43. The summed E-state index contributed by atoms with van der Waals surface area (Å²) in [5.74, 6) is 7.73. The van der Waals surface area contributed by atoms with Crippen molar-refractivity contribution < 1.29 is 5.11 Å². The van der Waals surface area contributed by atoms with Gasteiger partial charge in [-0.3, -0.25) is 10.9 Å². The van der Waals surface area contributed by atoms with Crippen molar-refractivity contribution in [3.63, 3.8) is 0 Å². The number of hydrazone groups is 1. The van der Waals surface area contributed by atoms with Crippen molar-refractivity contribution in [1.29, 1.82) is 0 Å². The van der Waals surface area contributed by atoms with Gasteiger partial charge in [-0.15, -0.1) is 0 Å². The molecule has 5 N–H and O–H groups in total. The van der Waals surface area contributed by atoms with Gasteiger partial charge in [0.2, 0.25) is 5.11 Å². The van der Waals surface area contributed by atoms with Crippen LogP contribution in [0.4, 0.5) is 0 Å². The highest BCUT2D eigenvalue weighted by Crippen LogP contribution is 2.59. The van der Waals surface area contributed by atoms with Crippen molar-refractivity contribution in [2.24, 2.45) is 28.2 Å². The van der Waals surface area contributed by atoms with E-state index in [2.05, 4.69) is 28.9 Å². The second-order valence-corrected chi connectivity index (χ2v) is 8.35. The molecular formula is C19H26N4OS. The van der Waals surface area contributed by atoms with Gasteiger partial charge in [0.15, 0.2) is 0 Å². The topological polar surface area (TPSA) is 82.7 Å². The Balaban J connectivity index is 1.60. The Kier molecular flexibility index (Phi) is 4.20.